The maximum Gasteiger partial charge on any atom is 0.146 e. The summed E-state index contributed by atoms with van der Waals surface area (Å²) in [5, 5.41) is 0. The van der Waals surface area contributed by atoms with Crippen molar-refractivity contribution in [2.45, 2.75) is 12.6 Å². The van der Waals surface area contributed by atoms with Gasteiger partial charge in [0.15, 0.2) is 0 Å². The zero-order chi connectivity index (χ0) is 10.7. The molecule has 1 fully saturated rings. The molecule has 1 aliphatic heterocycles. The van der Waals surface area contributed by atoms with Crippen LogP contribution in [-0.2, 0) is 6.54 Å². The summed E-state index contributed by atoms with van der Waals surface area (Å²) in [7, 11) is 2.13. The first-order valence-electron chi connectivity index (χ1n) is 5.11. The fourth-order valence-electron chi connectivity index (χ4n) is 1.65. The molecule has 5 heteroatoms. The number of thioether (sulfide) groups is 1. The molecule has 2 heterocycles. The SMILES string of the molecule is CN1CCSCC1c1nccc(CN)n1. The average Bonchev–Trinajstić information content (AvgIpc) is 2.30. The third-order valence-electron chi connectivity index (χ3n) is 2.64. The molecule has 82 valence electrons. The molecule has 0 amide bonds. The van der Waals surface area contributed by atoms with E-state index in [0.29, 0.717) is 12.6 Å². The molecule has 0 aliphatic carbocycles. The van der Waals surface area contributed by atoms with Gasteiger partial charge in [-0.15, -0.1) is 0 Å². The molecule has 0 aromatic carbocycles. The van der Waals surface area contributed by atoms with Crippen molar-refractivity contribution >= 4 is 11.8 Å². The first kappa shape index (κ1) is 10.9. The summed E-state index contributed by atoms with van der Waals surface area (Å²) < 4.78 is 0. The number of aromatic nitrogens is 2. The standard InChI is InChI=1S/C10H16N4S/c1-14-4-5-15-7-9(14)10-12-3-2-8(6-11)13-10/h2-3,9H,4-7,11H2,1H3. The van der Waals surface area contributed by atoms with Crippen molar-refractivity contribution in [2.24, 2.45) is 5.73 Å². The molecule has 0 spiro atoms. The lowest BCUT2D eigenvalue weighted by atomic mass is 10.2. The van der Waals surface area contributed by atoms with Gasteiger partial charge in [0, 0.05) is 30.8 Å². The molecule has 0 saturated carbocycles. The minimum absolute atomic E-state index is 0.343. The summed E-state index contributed by atoms with van der Waals surface area (Å²) in [6.07, 6.45) is 1.80. The molecular weight excluding hydrogens is 208 g/mol. The van der Waals surface area contributed by atoms with Crippen LogP contribution in [0.5, 0.6) is 0 Å². The molecule has 4 nitrogen and oxygen atoms in total. The number of hydrogen-bond donors (Lipinski definition) is 1. The molecule has 2 N–H and O–H groups in total. The zero-order valence-corrected chi connectivity index (χ0v) is 9.70. The van der Waals surface area contributed by atoms with Gasteiger partial charge in [0.2, 0.25) is 0 Å². The second kappa shape index (κ2) is 4.92. The first-order chi connectivity index (χ1) is 7.31. The van der Waals surface area contributed by atoms with Crippen LogP contribution in [0.2, 0.25) is 0 Å². The van der Waals surface area contributed by atoms with E-state index in [1.807, 2.05) is 17.8 Å². The van der Waals surface area contributed by atoms with Crippen LogP contribution in [0.1, 0.15) is 17.6 Å². The molecule has 1 aromatic rings. The topological polar surface area (TPSA) is 55.0 Å². The number of nitrogens with two attached hydrogens (primary N) is 1. The Kier molecular flexibility index (Phi) is 3.56. The normalized spacial score (nSPS) is 22.9. The third-order valence-corrected chi connectivity index (χ3v) is 3.66. The third kappa shape index (κ3) is 2.48. The Labute approximate surface area is 94.3 Å². The van der Waals surface area contributed by atoms with Crippen molar-refractivity contribution in [3.63, 3.8) is 0 Å². The van der Waals surface area contributed by atoms with Gasteiger partial charge >= 0.3 is 0 Å². The molecule has 1 atom stereocenters. The van der Waals surface area contributed by atoms with Crippen molar-refractivity contribution in [2.75, 3.05) is 25.1 Å². The van der Waals surface area contributed by atoms with E-state index >= 15 is 0 Å². The lowest BCUT2D eigenvalue weighted by molar-refractivity contribution is 0.264. The average molecular weight is 224 g/mol. The van der Waals surface area contributed by atoms with Crippen LogP contribution in [0.25, 0.3) is 0 Å². The lowest BCUT2D eigenvalue weighted by Gasteiger charge is -2.30. The molecule has 15 heavy (non-hydrogen) atoms. The fraction of sp³-hybridized carbons (Fsp3) is 0.600. The Balaban J connectivity index is 2.19. The number of hydrogen-bond acceptors (Lipinski definition) is 5. The molecular formula is C10H16N4S. The van der Waals surface area contributed by atoms with E-state index in [4.69, 9.17) is 5.73 Å². The van der Waals surface area contributed by atoms with Crippen LogP contribution >= 0.6 is 11.8 Å². The van der Waals surface area contributed by atoms with Gasteiger partial charge in [-0.3, -0.25) is 4.90 Å². The van der Waals surface area contributed by atoms with Gasteiger partial charge in [-0.1, -0.05) is 0 Å². The van der Waals surface area contributed by atoms with Crippen molar-refractivity contribution in [1.29, 1.82) is 0 Å². The molecule has 0 bridgehead atoms. The second-order valence-electron chi connectivity index (χ2n) is 3.68. The Morgan fingerprint density at radius 1 is 1.67 bits per heavy atom. The van der Waals surface area contributed by atoms with Crippen LogP contribution in [-0.4, -0.2) is 40.0 Å². The molecule has 2 rings (SSSR count). The quantitative estimate of drug-likeness (QED) is 0.799. The summed E-state index contributed by atoms with van der Waals surface area (Å²) in [5.74, 6) is 3.18. The van der Waals surface area contributed by atoms with Gasteiger partial charge in [0.25, 0.3) is 0 Å². The molecule has 1 aromatic heterocycles. The van der Waals surface area contributed by atoms with Crippen LogP contribution in [0.3, 0.4) is 0 Å². The van der Waals surface area contributed by atoms with E-state index in [1.165, 1.54) is 5.75 Å². The summed E-state index contributed by atoms with van der Waals surface area (Å²) in [4.78, 5) is 11.1. The van der Waals surface area contributed by atoms with Gasteiger partial charge in [-0.2, -0.15) is 11.8 Å². The van der Waals surface area contributed by atoms with Gasteiger partial charge in [0.05, 0.1) is 11.7 Å². The summed E-state index contributed by atoms with van der Waals surface area (Å²) in [6, 6.07) is 2.22. The predicted octanol–water partition coefficient (Wildman–Crippen LogP) is 0.655. The highest BCUT2D eigenvalue weighted by atomic mass is 32.2. The van der Waals surface area contributed by atoms with E-state index in [1.54, 1.807) is 6.20 Å². The minimum Gasteiger partial charge on any atom is -0.325 e. The Bertz CT molecular complexity index is 331. The van der Waals surface area contributed by atoms with Crippen LogP contribution < -0.4 is 5.73 Å². The molecule has 1 unspecified atom stereocenters. The Morgan fingerprint density at radius 3 is 3.27 bits per heavy atom. The van der Waals surface area contributed by atoms with Crippen LogP contribution in [0, 0.1) is 0 Å². The maximum absolute atomic E-state index is 5.57. The highest BCUT2D eigenvalue weighted by molar-refractivity contribution is 7.99. The maximum atomic E-state index is 5.57. The summed E-state index contributed by atoms with van der Waals surface area (Å²) in [5.41, 5.74) is 6.49. The highest BCUT2D eigenvalue weighted by Gasteiger charge is 2.23. The largest absolute Gasteiger partial charge is 0.325 e. The molecule has 0 radical (unpaired) electrons. The van der Waals surface area contributed by atoms with E-state index in [0.717, 1.165) is 23.8 Å². The summed E-state index contributed by atoms with van der Waals surface area (Å²) in [6.45, 7) is 1.59. The van der Waals surface area contributed by atoms with Gasteiger partial charge in [-0.25, -0.2) is 9.97 Å². The van der Waals surface area contributed by atoms with Crippen molar-refractivity contribution < 1.29 is 0 Å². The van der Waals surface area contributed by atoms with Gasteiger partial charge < -0.3 is 5.73 Å². The minimum atomic E-state index is 0.343. The highest BCUT2D eigenvalue weighted by Crippen LogP contribution is 2.25. The predicted molar refractivity (Wildman–Crippen MR) is 62.6 cm³/mol. The summed E-state index contributed by atoms with van der Waals surface area (Å²) >= 11 is 1.96. The molecule has 1 saturated heterocycles. The van der Waals surface area contributed by atoms with E-state index in [-0.39, 0.29) is 0 Å². The molecule has 1 aliphatic rings. The van der Waals surface area contributed by atoms with Crippen molar-refractivity contribution in [3.05, 3.63) is 23.8 Å². The van der Waals surface area contributed by atoms with E-state index < -0.39 is 0 Å². The monoisotopic (exact) mass is 224 g/mol. The number of nitrogens with zero attached hydrogens (tertiary/aromatic N) is 3. The van der Waals surface area contributed by atoms with E-state index in [9.17, 15) is 0 Å². The first-order valence-corrected chi connectivity index (χ1v) is 6.26. The Morgan fingerprint density at radius 2 is 2.53 bits per heavy atom. The van der Waals surface area contributed by atoms with Gasteiger partial charge in [0.1, 0.15) is 5.82 Å². The second-order valence-corrected chi connectivity index (χ2v) is 4.83. The fourth-order valence-corrected chi connectivity index (χ4v) is 2.86. The lowest BCUT2D eigenvalue weighted by Crippen LogP contribution is -2.34. The smallest absolute Gasteiger partial charge is 0.146 e. The van der Waals surface area contributed by atoms with Crippen LogP contribution in [0.4, 0.5) is 0 Å². The Hall–Kier alpha value is -0.650. The van der Waals surface area contributed by atoms with Gasteiger partial charge in [-0.05, 0) is 13.1 Å². The van der Waals surface area contributed by atoms with E-state index in [2.05, 4.69) is 21.9 Å². The number of rotatable bonds is 2. The van der Waals surface area contributed by atoms with Crippen molar-refractivity contribution in [3.8, 4) is 0 Å². The zero-order valence-electron chi connectivity index (χ0n) is 8.89. The van der Waals surface area contributed by atoms with Crippen molar-refractivity contribution in [1.82, 2.24) is 14.9 Å². The van der Waals surface area contributed by atoms with Crippen LogP contribution in [0.15, 0.2) is 12.3 Å².